The highest BCUT2D eigenvalue weighted by atomic mass is 16.3. The van der Waals surface area contributed by atoms with Gasteiger partial charge in [0.1, 0.15) is 0 Å². The van der Waals surface area contributed by atoms with Gasteiger partial charge in [0, 0.05) is 26.3 Å². The van der Waals surface area contributed by atoms with E-state index in [-0.39, 0.29) is 6.10 Å². The molecule has 1 saturated heterocycles. The minimum atomic E-state index is -0.143. The standard InChI is InChI=1S/C16H22N4O/c1-19-13(6-9-18-19)12-17-15-4-2-3-5-16(15)20-10-7-14(21)8-11-20/h2-6,9,14,17,21H,7-8,10-12H2,1H3. The second-order valence-corrected chi connectivity index (χ2v) is 5.54. The van der Waals surface area contributed by atoms with Crippen molar-refractivity contribution in [1.29, 1.82) is 0 Å². The maximum Gasteiger partial charge on any atom is 0.0602 e. The van der Waals surface area contributed by atoms with Crippen molar-refractivity contribution in [3.8, 4) is 0 Å². The number of nitrogens with zero attached hydrogens (tertiary/aromatic N) is 3. The molecule has 2 heterocycles. The van der Waals surface area contributed by atoms with Crippen molar-refractivity contribution < 1.29 is 5.11 Å². The Kier molecular flexibility index (Phi) is 4.10. The average molecular weight is 286 g/mol. The van der Waals surface area contributed by atoms with Crippen LogP contribution in [0.3, 0.4) is 0 Å². The molecule has 1 aliphatic rings. The number of anilines is 2. The monoisotopic (exact) mass is 286 g/mol. The fourth-order valence-corrected chi connectivity index (χ4v) is 2.77. The van der Waals surface area contributed by atoms with Gasteiger partial charge in [0.05, 0.1) is 29.7 Å². The second kappa shape index (κ2) is 6.18. The Balaban J connectivity index is 1.72. The quantitative estimate of drug-likeness (QED) is 0.902. The first kappa shape index (κ1) is 13.9. The van der Waals surface area contributed by atoms with E-state index in [2.05, 4.69) is 33.5 Å². The van der Waals surface area contributed by atoms with Crippen LogP contribution < -0.4 is 10.2 Å². The van der Waals surface area contributed by atoms with E-state index >= 15 is 0 Å². The third kappa shape index (κ3) is 3.19. The van der Waals surface area contributed by atoms with E-state index in [4.69, 9.17) is 0 Å². The molecule has 3 rings (SSSR count). The molecule has 0 bridgehead atoms. The number of aromatic nitrogens is 2. The number of hydrogen-bond donors (Lipinski definition) is 2. The largest absolute Gasteiger partial charge is 0.393 e. The molecule has 0 atom stereocenters. The summed E-state index contributed by atoms with van der Waals surface area (Å²) in [6.07, 6.45) is 3.36. The van der Waals surface area contributed by atoms with Gasteiger partial charge in [0.2, 0.25) is 0 Å². The van der Waals surface area contributed by atoms with Crippen molar-refractivity contribution >= 4 is 11.4 Å². The van der Waals surface area contributed by atoms with Gasteiger partial charge in [-0.3, -0.25) is 4.68 Å². The number of hydrogen-bond acceptors (Lipinski definition) is 4. The van der Waals surface area contributed by atoms with Gasteiger partial charge < -0.3 is 15.3 Å². The summed E-state index contributed by atoms with van der Waals surface area (Å²) in [7, 11) is 1.95. The second-order valence-electron chi connectivity index (χ2n) is 5.54. The van der Waals surface area contributed by atoms with Gasteiger partial charge in [-0.1, -0.05) is 12.1 Å². The number of rotatable bonds is 4. The smallest absolute Gasteiger partial charge is 0.0602 e. The van der Waals surface area contributed by atoms with Crippen molar-refractivity contribution in [2.45, 2.75) is 25.5 Å². The van der Waals surface area contributed by atoms with Gasteiger partial charge in [0.25, 0.3) is 0 Å². The van der Waals surface area contributed by atoms with Crippen LogP contribution in [0.15, 0.2) is 36.5 Å². The van der Waals surface area contributed by atoms with Crippen LogP contribution in [0.25, 0.3) is 0 Å². The van der Waals surface area contributed by atoms with Crippen LogP contribution in [0.5, 0.6) is 0 Å². The summed E-state index contributed by atoms with van der Waals surface area (Å²) in [4.78, 5) is 2.35. The minimum Gasteiger partial charge on any atom is -0.393 e. The zero-order chi connectivity index (χ0) is 14.7. The predicted octanol–water partition coefficient (Wildman–Crippen LogP) is 1.99. The van der Waals surface area contributed by atoms with Crippen LogP contribution in [0.1, 0.15) is 18.5 Å². The molecule has 2 aromatic rings. The topological polar surface area (TPSA) is 53.3 Å². The number of aliphatic hydroxyl groups excluding tert-OH is 1. The third-order valence-electron chi connectivity index (χ3n) is 4.09. The fraction of sp³-hybridized carbons (Fsp3) is 0.438. The Bertz CT molecular complexity index is 587. The number of para-hydroxylation sites is 2. The van der Waals surface area contributed by atoms with Crippen LogP contribution in [-0.2, 0) is 13.6 Å². The molecule has 0 saturated carbocycles. The molecule has 1 aromatic heterocycles. The molecule has 112 valence electrons. The highest BCUT2D eigenvalue weighted by Crippen LogP contribution is 2.28. The van der Waals surface area contributed by atoms with E-state index in [0.717, 1.165) is 43.9 Å². The maximum absolute atomic E-state index is 9.65. The van der Waals surface area contributed by atoms with E-state index in [1.54, 1.807) is 0 Å². The SMILES string of the molecule is Cn1nccc1CNc1ccccc1N1CCC(O)CC1. The molecule has 5 nitrogen and oxygen atoms in total. The van der Waals surface area contributed by atoms with E-state index < -0.39 is 0 Å². The van der Waals surface area contributed by atoms with Gasteiger partial charge in [-0.25, -0.2) is 0 Å². The molecule has 1 aromatic carbocycles. The molecule has 0 unspecified atom stereocenters. The number of piperidine rings is 1. The lowest BCUT2D eigenvalue weighted by molar-refractivity contribution is 0.145. The van der Waals surface area contributed by atoms with Crippen LogP contribution in [0, 0.1) is 0 Å². The Morgan fingerprint density at radius 3 is 2.71 bits per heavy atom. The van der Waals surface area contributed by atoms with Crippen LogP contribution in [0.2, 0.25) is 0 Å². The van der Waals surface area contributed by atoms with E-state index in [1.165, 1.54) is 5.69 Å². The van der Waals surface area contributed by atoms with Crippen LogP contribution >= 0.6 is 0 Å². The molecule has 5 heteroatoms. The summed E-state index contributed by atoms with van der Waals surface area (Å²) in [5, 5.41) is 17.3. The van der Waals surface area contributed by atoms with Crippen molar-refractivity contribution in [2.75, 3.05) is 23.3 Å². The Hall–Kier alpha value is -2.01. The Labute approximate surface area is 125 Å². The highest BCUT2D eigenvalue weighted by Gasteiger charge is 2.19. The molecule has 1 aliphatic heterocycles. The van der Waals surface area contributed by atoms with Gasteiger partial charge >= 0.3 is 0 Å². The van der Waals surface area contributed by atoms with E-state index in [9.17, 15) is 5.11 Å². The lowest BCUT2D eigenvalue weighted by atomic mass is 10.1. The van der Waals surface area contributed by atoms with Crippen molar-refractivity contribution in [3.05, 3.63) is 42.2 Å². The molecular formula is C16H22N4O. The van der Waals surface area contributed by atoms with Crippen LogP contribution in [0.4, 0.5) is 11.4 Å². The Morgan fingerprint density at radius 1 is 1.24 bits per heavy atom. The molecule has 1 fully saturated rings. The summed E-state index contributed by atoms with van der Waals surface area (Å²) < 4.78 is 1.88. The van der Waals surface area contributed by atoms with Gasteiger partial charge in [-0.2, -0.15) is 5.10 Å². The lowest BCUT2D eigenvalue weighted by Gasteiger charge is -2.33. The molecular weight excluding hydrogens is 264 g/mol. The Morgan fingerprint density at radius 2 is 2.00 bits per heavy atom. The first-order valence-corrected chi connectivity index (χ1v) is 7.47. The molecule has 0 spiro atoms. The molecule has 0 radical (unpaired) electrons. The predicted molar refractivity (Wildman–Crippen MR) is 84.4 cm³/mol. The van der Waals surface area contributed by atoms with Gasteiger partial charge in [-0.05, 0) is 31.0 Å². The van der Waals surface area contributed by atoms with Crippen LogP contribution in [-0.4, -0.2) is 34.1 Å². The first-order valence-electron chi connectivity index (χ1n) is 7.47. The lowest BCUT2D eigenvalue weighted by Crippen LogP contribution is -2.36. The summed E-state index contributed by atoms with van der Waals surface area (Å²) in [5.74, 6) is 0. The third-order valence-corrected chi connectivity index (χ3v) is 4.09. The highest BCUT2D eigenvalue weighted by molar-refractivity contribution is 5.70. The zero-order valence-corrected chi connectivity index (χ0v) is 12.4. The average Bonchev–Trinajstić information content (AvgIpc) is 2.92. The molecule has 0 aliphatic carbocycles. The zero-order valence-electron chi connectivity index (χ0n) is 12.4. The molecule has 0 amide bonds. The summed E-state index contributed by atoms with van der Waals surface area (Å²) in [5.41, 5.74) is 3.50. The van der Waals surface area contributed by atoms with Gasteiger partial charge in [0.15, 0.2) is 0 Å². The number of aryl methyl sites for hydroxylation is 1. The molecule has 2 N–H and O–H groups in total. The summed E-state index contributed by atoms with van der Waals surface area (Å²) in [6, 6.07) is 10.4. The number of aliphatic hydroxyl groups is 1. The van der Waals surface area contributed by atoms with Crippen molar-refractivity contribution in [2.24, 2.45) is 7.05 Å². The van der Waals surface area contributed by atoms with E-state index in [0.29, 0.717) is 0 Å². The van der Waals surface area contributed by atoms with Gasteiger partial charge in [-0.15, -0.1) is 0 Å². The van der Waals surface area contributed by atoms with E-state index in [1.807, 2.05) is 30.1 Å². The summed E-state index contributed by atoms with van der Waals surface area (Å²) >= 11 is 0. The minimum absolute atomic E-state index is 0.143. The fourth-order valence-electron chi connectivity index (χ4n) is 2.77. The van der Waals surface area contributed by atoms with Crippen molar-refractivity contribution in [1.82, 2.24) is 9.78 Å². The maximum atomic E-state index is 9.65. The summed E-state index contributed by atoms with van der Waals surface area (Å²) in [6.45, 7) is 2.57. The molecule has 21 heavy (non-hydrogen) atoms. The number of nitrogens with one attached hydrogen (secondary N) is 1. The van der Waals surface area contributed by atoms with Crippen molar-refractivity contribution in [3.63, 3.8) is 0 Å². The first-order chi connectivity index (χ1) is 10.2. The number of benzene rings is 1. The normalized spacial score (nSPS) is 16.2.